The lowest BCUT2D eigenvalue weighted by atomic mass is 10.2. The van der Waals surface area contributed by atoms with Gasteiger partial charge < -0.3 is 0 Å². The van der Waals surface area contributed by atoms with Gasteiger partial charge >= 0.3 is 5.97 Å². The Balaban J connectivity index is 3.37. The summed E-state index contributed by atoms with van der Waals surface area (Å²) in [5, 5.41) is 0. The number of hydrogen-bond donors (Lipinski definition) is 0. The molecule has 1 atom stereocenters. The molecule has 0 saturated carbocycles. The largest absolute Gasteiger partial charge is 0.365 e. The molecule has 3 nitrogen and oxygen atoms in total. The molecule has 1 unspecified atom stereocenters. The van der Waals surface area contributed by atoms with Crippen LogP contribution in [0.2, 0.25) is 0 Å². The summed E-state index contributed by atoms with van der Waals surface area (Å²) in [6.45, 7) is 8.66. The standard InChI is InChI=1S/C8H13O3/c1-4-6-7(3)10-11-8(9)5-2/h5,7H,1-2,4,6H2,3H3. The van der Waals surface area contributed by atoms with Gasteiger partial charge in [-0.3, -0.25) is 4.89 Å². The maximum atomic E-state index is 10.4. The van der Waals surface area contributed by atoms with Gasteiger partial charge in [0.15, 0.2) is 0 Å². The van der Waals surface area contributed by atoms with Gasteiger partial charge in [-0.1, -0.05) is 19.9 Å². The van der Waals surface area contributed by atoms with Gasteiger partial charge in [0.1, 0.15) is 6.10 Å². The lowest BCUT2D eigenvalue weighted by Crippen LogP contribution is -2.11. The third-order valence-electron chi connectivity index (χ3n) is 1.07. The van der Waals surface area contributed by atoms with E-state index in [4.69, 9.17) is 0 Å². The van der Waals surface area contributed by atoms with Crippen LogP contribution in [0.4, 0.5) is 0 Å². The molecule has 0 rings (SSSR count). The van der Waals surface area contributed by atoms with Crippen LogP contribution in [-0.2, 0) is 14.6 Å². The topological polar surface area (TPSA) is 35.5 Å². The monoisotopic (exact) mass is 157 g/mol. The summed E-state index contributed by atoms with van der Waals surface area (Å²) in [7, 11) is 0. The third kappa shape index (κ3) is 5.61. The molecule has 0 aliphatic heterocycles. The van der Waals surface area contributed by atoms with E-state index in [-0.39, 0.29) is 6.10 Å². The van der Waals surface area contributed by atoms with Crippen molar-refractivity contribution in [3.05, 3.63) is 19.6 Å². The molecule has 0 amide bonds. The maximum Gasteiger partial charge on any atom is 0.365 e. The summed E-state index contributed by atoms with van der Waals surface area (Å²) in [5.74, 6) is -0.569. The first-order chi connectivity index (χ1) is 5.20. The van der Waals surface area contributed by atoms with Crippen LogP contribution in [-0.4, -0.2) is 12.1 Å². The molecule has 0 aliphatic carbocycles. The lowest BCUT2D eigenvalue weighted by Gasteiger charge is -2.07. The van der Waals surface area contributed by atoms with Crippen LogP contribution in [0.3, 0.4) is 0 Å². The molecule has 0 fully saturated rings. The zero-order valence-corrected chi connectivity index (χ0v) is 6.71. The van der Waals surface area contributed by atoms with Crippen LogP contribution in [0.5, 0.6) is 0 Å². The first kappa shape index (κ1) is 10.2. The van der Waals surface area contributed by atoms with E-state index >= 15 is 0 Å². The van der Waals surface area contributed by atoms with Crippen LogP contribution in [0.25, 0.3) is 0 Å². The summed E-state index contributed by atoms with van der Waals surface area (Å²) in [4.78, 5) is 19.4. The van der Waals surface area contributed by atoms with E-state index < -0.39 is 5.97 Å². The number of carbonyl (C=O) groups is 1. The van der Waals surface area contributed by atoms with Crippen LogP contribution >= 0.6 is 0 Å². The zero-order valence-electron chi connectivity index (χ0n) is 6.71. The molecule has 0 aromatic carbocycles. The van der Waals surface area contributed by atoms with Gasteiger partial charge in [-0.05, 0) is 13.3 Å². The summed E-state index contributed by atoms with van der Waals surface area (Å²) < 4.78 is 0. The van der Waals surface area contributed by atoms with E-state index in [1.807, 2.05) is 6.92 Å². The van der Waals surface area contributed by atoms with Crippen molar-refractivity contribution in [3.8, 4) is 0 Å². The molecule has 1 radical (unpaired) electrons. The van der Waals surface area contributed by atoms with E-state index in [0.29, 0.717) is 0 Å². The third-order valence-corrected chi connectivity index (χ3v) is 1.07. The van der Waals surface area contributed by atoms with Crippen LogP contribution in [0.1, 0.15) is 19.8 Å². The van der Waals surface area contributed by atoms with Crippen molar-refractivity contribution in [1.82, 2.24) is 0 Å². The first-order valence-corrected chi connectivity index (χ1v) is 3.49. The predicted octanol–water partition coefficient (Wildman–Crippen LogP) is 1.65. The Bertz CT molecular complexity index is 131. The Morgan fingerprint density at radius 2 is 2.36 bits per heavy atom. The Labute approximate surface area is 66.9 Å². The molecule has 0 spiro atoms. The highest BCUT2D eigenvalue weighted by molar-refractivity contribution is 5.80. The Kier molecular flexibility index (Phi) is 5.47. The second-order valence-electron chi connectivity index (χ2n) is 2.16. The minimum Gasteiger partial charge on any atom is -0.293 e. The van der Waals surface area contributed by atoms with E-state index in [2.05, 4.69) is 23.3 Å². The quantitative estimate of drug-likeness (QED) is 0.346. The fourth-order valence-corrected chi connectivity index (χ4v) is 0.499. The normalized spacial score (nSPS) is 12.2. The first-order valence-electron chi connectivity index (χ1n) is 3.49. The van der Waals surface area contributed by atoms with Crippen molar-refractivity contribution >= 4 is 5.97 Å². The fraction of sp³-hybridized carbons (Fsp3) is 0.500. The molecule has 0 heterocycles. The average Bonchev–Trinajstić information content (AvgIpc) is 2.01. The van der Waals surface area contributed by atoms with E-state index in [0.717, 1.165) is 18.9 Å². The number of rotatable bonds is 5. The highest BCUT2D eigenvalue weighted by Crippen LogP contribution is 2.00. The smallest absolute Gasteiger partial charge is 0.293 e. The van der Waals surface area contributed by atoms with Gasteiger partial charge in [-0.25, -0.2) is 4.79 Å². The van der Waals surface area contributed by atoms with Gasteiger partial charge in [0.05, 0.1) is 0 Å². The summed E-state index contributed by atoms with van der Waals surface area (Å²) >= 11 is 0. The zero-order chi connectivity index (χ0) is 8.69. The molecule has 0 saturated heterocycles. The van der Waals surface area contributed by atoms with Crippen molar-refractivity contribution in [3.63, 3.8) is 0 Å². The highest BCUT2D eigenvalue weighted by atomic mass is 17.2. The van der Waals surface area contributed by atoms with Crippen molar-refractivity contribution in [2.45, 2.75) is 25.9 Å². The predicted molar refractivity (Wildman–Crippen MR) is 41.4 cm³/mol. The number of carbonyl (C=O) groups excluding carboxylic acids is 1. The Morgan fingerprint density at radius 1 is 1.73 bits per heavy atom. The molecular weight excluding hydrogens is 144 g/mol. The maximum absolute atomic E-state index is 10.4. The second kappa shape index (κ2) is 5.92. The molecule has 0 aliphatic rings. The minimum atomic E-state index is -0.569. The lowest BCUT2D eigenvalue weighted by molar-refractivity contribution is -0.291. The van der Waals surface area contributed by atoms with Gasteiger partial charge in [-0.2, -0.15) is 4.89 Å². The van der Waals surface area contributed by atoms with E-state index in [1.165, 1.54) is 0 Å². The molecule has 63 valence electrons. The summed E-state index contributed by atoms with van der Waals surface area (Å²) in [6.07, 6.45) is 2.48. The Morgan fingerprint density at radius 3 is 2.82 bits per heavy atom. The van der Waals surface area contributed by atoms with Crippen LogP contribution in [0, 0.1) is 6.92 Å². The average molecular weight is 157 g/mol. The highest BCUT2D eigenvalue weighted by Gasteiger charge is 2.03. The number of hydrogen-bond acceptors (Lipinski definition) is 3. The van der Waals surface area contributed by atoms with Crippen LogP contribution < -0.4 is 0 Å². The van der Waals surface area contributed by atoms with Gasteiger partial charge in [0.2, 0.25) is 0 Å². The second-order valence-corrected chi connectivity index (χ2v) is 2.16. The van der Waals surface area contributed by atoms with Crippen molar-refractivity contribution in [2.75, 3.05) is 0 Å². The minimum absolute atomic E-state index is 0.101. The van der Waals surface area contributed by atoms with Crippen molar-refractivity contribution in [2.24, 2.45) is 0 Å². The van der Waals surface area contributed by atoms with Gasteiger partial charge in [0.25, 0.3) is 0 Å². The van der Waals surface area contributed by atoms with Crippen molar-refractivity contribution in [1.29, 1.82) is 0 Å². The van der Waals surface area contributed by atoms with Gasteiger partial charge in [-0.15, -0.1) is 0 Å². The van der Waals surface area contributed by atoms with E-state index in [1.54, 1.807) is 0 Å². The Hall–Kier alpha value is -0.830. The molecule has 0 aromatic rings. The molecular formula is C8H13O3. The molecule has 0 N–H and O–H groups in total. The molecule has 0 aromatic heterocycles. The van der Waals surface area contributed by atoms with E-state index in [9.17, 15) is 4.79 Å². The fourth-order valence-electron chi connectivity index (χ4n) is 0.499. The molecule has 0 bridgehead atoms. The SMILES string of the molecule is [CH2]CCC(C)OOC(=O)C=C. The molecule has 3 heteroatoms. The van der Waals surface area contributed by atoms with Crippen LogP contribution in [0.15, 0.2) is 12.7 Å². The van der Waals surface area contributed by atoms with Gasteiger partial charge in [0, 0.05) is 6.08 Å². The van der Waals surface area contributed by atoms with Crippen molar-refractivity contribution < 1.29 is 14.6 Å². The summed E-state index contributed by atoms with van der Waals surface area (Å²) in [5.41, 5.74) is 0. The molecule has 11 heavy (non-hydrogen) atoms. The summed E-state index contributed by atoms with van der Waals surface area (Å²) in [6, 6.07) is 0.